The van der Waals surface area contributed by atoms with Crippen molar-refractivity contribution in [3.05, 3.63) is 0 Å². The molecule has 5 heteroatoms. The van der Waals surface area contributed by atoms with Crippen LogP contribution in [-0.2, 0) is 4.79 Å². The lowest BCUT2D eigenvalue weighted by Crippen LogP contribution is -2.41. The summed E-state index contributed by atoms with van der Waals surface area (Å²) in [5.41, 5.74) is -0.591. The maximum absolute atomic E-state index is 11.9. The first-order valence-corrected chi connectivity index (χ1v) is 7.49. The van der Waals surface area contributed by atoms with E-state index in [0.717, 1.165) is 25.6 Å². The van der Waals surface area contributed by atoms with Gasteiger partial charge in [0.15, 0.2) is 0 Å². The number of halogens is 2. The predicted octanol–water partition coefficient (Wildman–Crippen LogP) is 2.42. The minimum atomic E-state index is -0.863. The zero-order chi connectivity index (χ0) is 13.4. The Labute approximate surface area is 119 Å². The van der Waals surface area contributed by atoms with Crippen LogP contribution in [0.1, 0.15) is 33.1 Å². The molecule has 2 rings (SSSR count). The van der Waals surface area contributed by atoms with Gasteiger partial charge in [-0.05, 0) is 45.2 Å². The maximum Gasteiger partial charge on any atom is 0.229 e. The topological polar surface area (TPSA) is 32.3 Å². The van der Waals surface area contributed by atoms with E-state index in [0.29, 0.717) is 13.0 Å². The van der Waals surface area contributed by atoms with Gasteiger partial charge in [0.2, 0.25) is 5.91 Å². The Hall–Kier alpha value is 0.01000. The Balaban J connectivity index is 1.66. The van der Waals surface area contributed by atoms with E-state index in [1.807, 2.05) is 6.92 Å². The number of carbonyl (C=O) groups is 1. The van der Waals surface area contributed by atoms with E-state index < -0.39 is 9.75 Å². The lowest BCUT2D eigenvalue weighted by molar-refractivity contribution is -0.125. The minimum Gasteiger partial charge on any atom is -0.354 e. The largest absolute Gasteiger partial charge is 0.354 e. The summed E-state index contributed by atoms with van der Waals surface area (Å²) in [4.78, 5) is 14.3. The molecule has 1 aliphatic carbocycles. The van der Waals surface area contributed by atoms with Crippen LogP contribution in [0.25, 0.3) is 0 Å². The second kappa shape index (κ2) is 5.18. The summed E-state index contributed by atoms with van der Waals surface area (Å²) >= 11 is 12.0. The fourth-order valence-electron chi connectivity index (χ4n) is 2.45. The number of amides is 1. The first-order valence-electron chi connectivity index (χ1n) is 6.74. The van der Waals surface area contributed by atoms with Gasteiger partial charge in [-0.15, -0.1) is 23.2 Å². The van der Waals surface area contributed by atoms with Gasteiger partial charge in [-0.25, -0.2) is 0 Å². The summed E-state index contributed by atoms with van der Waals surface area (Å²) < 4.78 is -0.863. The molecule has 1 saturated heterocycles. The molecule has 2 aliphatic rings. The van der Waals surface area contributed by atoms with Crippen molar-refractivity contribution in [2.24, 2.45) is 11.3 Å². The number of nitrogens with one attached hydrogen (secondary N) is 1. The highest BCUT2D eigenvalue weighted by molar-refractivity contribution is 6.53. The Morgan fingerprint density at radius 3 is 2.44 bits per heavy atom. The van der Waals surface area contributed by atoms with Crippen molar-refractivity contribution in [2.45, 2.75) is 37.4 Å². The number of carbonyl (C=O) groups excluding carboxylic acids is 1. The quantitative estimate of drug-likeness (QED) is 0.807. The zero-order valence-corrected chi connectivity index (χ0v) is 12.7. The average molecular weight is 293 g/mol. The number of likely N-dealkylation sites (tertiary alicyclic amines) is 1. The molecule has 1 amide bonds. The maximum atomic E-state index is 11.9. The Kier molecular flexibility index (Phi) is 4.15. The molecule has 0 spiro atoms. The zero-order valence-electron chi connectivity index (χ0n) is 11.1. The lowest BCUT2D eigenvalue weighted by Gasteiger charge is -2.30. The van der Waals surface area contributed by atoms with Gasteiger partial charge in [-0.3, -0.25) is 4.79 Å². The van der Waals surface area contributed by atoms with Crippen molar-refractivity contribution in [1.29, 1.82) is 0 Å². The Morgan fingerprint density at radius 2 is 1.94 bits per heavy atom. The second-order valence-corrected chi connectivity index (χ2v) is 7.48. The van der Waals surface area contributed by atoms with Gasteiger partial charge in [-0.1, -0.05) is 6.92 Å². The standard InChI is InChI=1S/C13H22Cl2N2O/c1-10-3-6-17(7-4-10)8-5-16-11(18)12(2)9-13(12,14)15/h10H,3-9H2,1-2H3,(H,16,18)/t12-/m1/s1. The summed E-state index contributed by atoms with van der Waals surface area (Å²) in [6.07, 6.45) is 3.08. The van der Waals surface area contributed by atoms with Gasteiger partial charge in [0.1, 0.15) is 4.33 Å². The van der Waals surface area contributed by atoms with Crippen LogP contribution >= 0.6 is 23.2 Å². The van der Waals surface area contributed by atoms with Gasteiger partial charge in [0, 0.05) is 13.1 Å². The molecule has 0 unspecified atom stereocenters. The van der Waals surface area contributed by atoms with Crippen molar-refractivity contribution in [3.8, 4) is 0 Å². The highest BCUT2D eigenvalue weighted by Crippen LogP contribution is 2.63. The van der Waals surface area contributed by atoms with E-state index in [4.69, 9.17) is 23.2 Å². The van der Waals surface area contributed by atoms with E-state index in [2.05, 4.69) is 17.1 Å². The molecule has 104 valence electrons. The molecule has 0 aromatic heterocycles. The van der Waals surface area contributed by atoms with Crippen LogP contribution in [0.2, 0.25) is 0 Å². The molecular formula is C13H22Cl2N2O. The molecule has 0 radical (unpaired) electrons. The molecule has 0 aromatic rings. The molecule has 1 heterocycles. The van der Waals surface area contributed by atoms with Gasteiger partial charge >= 0.3 is 0 Å². The summed E-state index contributed by atoms with van der Waals surface area (Å²) in [6, 6.07) is 0. The monoisotopic (exact) mass is 292 g/mol. The van der Waals surface area contributed by atoms with Crippen molar-refractivity contribution in [3.63, 3.8) is 0 Å². The summed E-state index contributed by atoms with van der Waals surface area (Å²) in [5, 5.41) is 2.95. The summed E-state index contributed by atoms with van der Waals surface area (Å²) in [6.45, 7) is 8.02. The van der Waals surface area contributed by atoms with E-state index in [1.165, 1.54) is 12.8 Å². The second-order valence-electron chi connectivity index (χ2n) is 5.99. The van der Waals surface area contributed by atoms with Crippen LogP contribution in [0, 0.1) is 11.3 Å². The van der Waals surface area contributed by atoms with E-state index >= 15 is 0 Å². The van der Waals surface area contributed by atoms with Crippen molar-refractivity contribution >= 4 is 29.1 Å². The molecule has 1 N–H and O–H groups in total. The van der Waals surface area contributed by atoms with E-state index in [1.54, 1.807) is 0 Å². The number of nitrogens with zero attached hydrogens (tertiary/aromatic N) is 1. The highest BCUT2D eigenvalue weighted by Gasteiger charge is 2.67. The smallest absolute Gasteiger partial charge is 0.229 e. The Morgan fingerprint density at radius 1 is 1.39 bits per heavy atom. The molecule has 18 heavy (non-hydrogen) atoms. The van der Waals surface area contributed by atoms with Gasteiger partial charge in [0.05, 0.1) is 5.41 Å². The molecule has 1 aliphatic heterocycles. The van der Waals surface area contributed by atoms with Crippen LogP contribution in [0.5, 0.6) is 0 Å². The molecule has 0 bridgehead atoms. The fourth-order valence-corrected chi connectivity index (χ4v) is 3.16. The van der Waals surface area contributed by atoms with Crippen molar-refractivity contribution in [2.75, 3.05) is 26.2 Å². The van der Waals surface area contributed by atoms with Gasteiger partial charge in [0.25, 0.3) is 0 Å². The third-order valence-corrected chi connectivity index (χ3v) is 5.45. The van der Waals surface area contributed by atoms with Crippen molar-refractivity contribution < 1.29 is 4.79 Å². The molecule has 1 saturated carbocycles. The summed E-state index contributed by atoms with van der Waals surface area (Å²) in [7, 11) is 0. The van der Waals surface area contributed by atoms with E-state index in [-0.39, 0.29) is 5.91 Å². The third-order valence-electron chi connectivity index (χ3n) is 4.35. The Bertz CT molecular complexity index is 327. The molecule has 3 nitrogen and oxygen atoms in total. The van der Waals surface area contributed by atoms with Crippen LogP contribution < -0.4 is 5.32 Å². The van der Waals surface area contributed by atoms with Gasteiger partial charge < -0.3 is 10.2 Å². The lowest BCUT2D eigenvalue weighted by atomic mass is 9.99. The van der Waals surface area contributed by atoms with Gasteiger partial charge in [-0.2, -0.15) is 0 Å². The first-order chi connectivity index (χ1) is 8.35. The predicted molar refractivity (Wildman–Crippen MR) is 75.0 cm³/mol. The molecule has 0 aromatic carbocycles. The van der Waals surface area contributed by atoms with Crippen molar-refractivity contribution in [1.82, 2.24) is 10.2 Å². The molecule has 1 atom stereocenters. The first kappa shape index (κ1) is 14.4. The highest BCUT2D eigenvalue weighted by atomic mass is 35.5. The van der Waals surface area contributed by atoms with Crippen LogP contribution in [0.15, 0.2) is 0 Å². The average Bonchev–Trinajstić information content (AvgIpc) is 2.82. The fraction of sp³-hybridized carbons (Fsp3) is 0.923. The normalized spacial score (nSPS) is 32.2. The molecular weight excluding hydrogens is 271 g/mol. The summed E-state index contributed by atoms with van der Waals surface area (Å²) in [5.74, 6) is 0.826. The van der Waals surface area contributed by atoms with Crippen LogP contribution in [0.3, 0.4) is 0 Å². The number of piperidine rings is 1. The van der Waals surface area contributed by atoms with Crippen LogP contribution in [-0.4, -0.2) is 41.3 Å². The third kappa shape index (κ3) is 2.94. The number of hydrogen-bond acceptors (Lipinski definition) is 2. The van der Waals surface area contributed by atoms with E-state index in [9.17, 15) is 4.79 Å². The number of rotatable bonds is 4. The van der Waals surface area contributed by atoms with Crippen LogP contribution in [0.4, 0.5) is 0 Å². The number of alkyl halides is 2. The molecule has 2 fully saturated rings. The SMILES string of the molecule is CC1CCN(CCNC(=O)[C@@]2(C)CC2(Cl)Cl)CC1. The minimum absolute atomic E-state index is 0.0159. The number of hydrogen-bond donors (Lipinski definition) is 1.